The van der Waals surface area contributed by atoms with Gasteiger partial charge in [-0.3, -0.25) is 14.9 Å². The van der Waals surface area contributed by atoms with Crippen molar-refractivity contribution in [2.24, 2.45) is 0 Å². The Hall–Kier alpha value is -2.23. The molecule has 2 rings (SSSR count). The summed E-state index contributed by atoms with van der Waals surface area (Å²) in [6.45, 7) is -0.463. The number of ether oxygens (including phenoxy) is 1. The minimum absolute atomic E-state index is 0.289. The molecule has 0 unspecified atom stereocenters. The predicted octanol–water partition coefficient (Wildman–Crippen LogP) is 3.36. The number of nitro benzene ring substituents is 1. The molecule has 0 aliphatic rings. The standard InChI is InChI=1S/C14H10FIN2O4/c15-9-4-5-12(18(20)21)13(6-9)22-8-14(19)17-11-3-1-2-10(16)7-11/h1-7H,8H2,(H,17,19). The van der Waals surface area contributed by atoms with Gasteiger partial charge in [-0.15, -0.1) is 0 Å². The van der Waals surface area contributed by atoms with Gasteiger partial charge < -0.3 is 10.1 Å². The van der Waals surface area contributed by atoms with Crippen molar-refractivity contribution in [2.45, 2.75) is 0 Å². The van der Waals surface area contributed by atoms with Crippen LogP contribution in [0.25, 0.3) is 0 Å². The first kappa shape index (κ1) is 16.1. The van der Waals surface area contributed by atoms with E-state index < -0.39 is 28.9 Å². The van der Waals surface area contributed by atoms with E-state index in [1.54, 1.807) is 18.2 Å². The number of nitrogens with zero attached hydrogens (tertiary/aromatic N) is 1. The lowest BCUT2D eigenvalue weighted by Crippen LogP contribution is -2.20. The molecule has 0 spiro atoms. The van der Waals surface area contributed by atoms with E-state index in [4.69, 9.17) is 4.74 Å². The van der Waals surface area contributed by atoms with E-state index in [1.807, 2.05) is 6.07 Å². The maximum absolute atomic E-state index is 13.1. The average molecular weight is 416 g/mol. The van der Waals surface area contributed by atoms with Gasteiger partial charge in [0.1, 0.15) is 5.82 Å². The van der Waals surface area contributed by atoms with Gasteiger partial charge in [-0.2, -0.15) is 0 Å². The highest BCUT2D eigenvalue weighted by Crippen LogP contribution is 2.27. The van der Waals surface area contributed by atoms with E-state index in [1.165, 1.54) is 0 Å². The van der Waals surface area contributed by atoms with Gasteiger partial charge in [0.2, 0.25) is 5.75 Å². The summed E-state index contributed by atoms with van der Waals surface area (Å²) in [7, 11) is 0. The lowest BCUT2D eigenvalue weighted by Gasteiger charge is -2.08. The Morgan fingerprint density at radius 3 is 2.77 bits per heavy atom. The zero-order chi connectivity index (χ0) is 16.1. The molecule has 0 bridgehead atoms. The summed E-state index contributed by atoms with van der Waals surface area (Å²) in [6, 6.07) is 9.90. The second kappa shape index (κ2) is 7.16. The highest BCUT2D eigenvalue weighted by molar-refractivity contribution is 14.1. The number of carbonyl (C=O) groups is 1. The maximum atomic E-state index is 13.1. The molecule has 0 radical (unpaired) electrons. The van der Waals surface area contributed by atoms with Gasteiger partial charge in [0, 0.05) is 21.4 Å². The van der Waals surface area contributed by atoms with E-state index in [9.17, 15) is 19.3 Å². The fourth-order valence-corrected chi connectivity index (χ4v) is 2.20. The van der Waals surface area contributed by atoms with Gasteiger partial charge in [0.25, 0.3) is 5.91 Å². The maximum Gasteiger partial charge on any atom is 0.311 e. The van der Waals surface area contributed by atoms with Crippen molar-refractivity contribution in [1.29, 1.82) is 0 Å². The summed E-state index contributed by atoms with van der Waals surface area (Å²) in [5, 5.41) is 13.4. The second-order valence-corrected chi connectivity index (χ2v) is 5.46. The molecule has 1 amide bonds. The van der Waals surface area contributed by atoms with Gasteiger partial charge in [-0.1, -0.05) is 6.07 Å². The third-order valence-electron chi connectivity index (χ3n) is 2.59. The zero-order valence-electron chi connectivity index (χ0n) is 11.1. The number of nitro groups is 1. The van der Waals surface area contributed by atoms with Gasteiger partial charge in [0.05, 0.1) is 4.92 Å². The topological polar surface area (TPSA) is 81.5 Å². The van der Waals surface area contributed by atoms with Gasteiger partial charge in [0.15, 0.2) is 6.61 Å². The first-order valence-corrected chi connectivity index (χ1v) is 7.16. The molecule has 2 aromatic carbocycles. The third-order valence-corrected chi connectivity index (χ3v) is 3.26. The molecule has 0 aliphatic carbocycles. The number of anilines is 1. The Balaban J connectivity index is 2.02. The third kappa shape index (κ3) is 4.38. The lowest BCUT2D eigenvalue weighted by atomic mass is 10.3. The smallest absolute Gasteiger partial charge is 0.311 e. The van der Waals surface area contributed by atoms with E-state index in [0.29, 0.717) is 5.69 Å². The van der Waals surface area contributed by atoms with E-state index in [0.717, 1.165) is 21.8 Å². The molecule has 1 N–H and O–H groups in total. The van der Waals surface area contributed by atoms with Crippen LogP contribution in [0.15, 0.2) is 42.5 Å². The highest BCUT2D eigenvalue weighted by atomic mass is 127. The van der Waals surface area contributed by atoms with Crippen molar-refractivity contribution in [1.82, 2.24) is 0 Å². The van der Waals surface area contributed by atoms with Crippen LogP contribution in [0.5, 0.6) is 5.75 Å². The number of carbonyl (C=O) groups excluding carboxylic acids is 1. The molecule has 0 fully saturated rings. The van der Waals surface area contributed by atoms with Crippen LogP contribution in [0, 0.1) is 19.5 Å². The molecule has 0 saturated heterocycles. The van der Waals surface area contributed by atoms with E-state index in [-0.39, 0.29) is 5.75 Å². The van der Waals surface area contributed by atoms with Crippen LogP contribution >= 0.6 is 22.6 Å². The molecular weight excluding hydrogens is 406 g/mol. The molecule has 114 valence electrons. The molecule has 2 aromatic rings. The molecule has 6 nitrogen and oxygen atoms in total. The number of benzene rings is 2. The normalized spacial score (nSPS) is 10.1. The molecule has 8 heteroatoms. The van der Waals surface area contributed by atoms with E-state index >= 15 is 0 Å². The molecule has 0 aromatic heterocycles. The Morgan fingerprint density at radius 1 is 1.32 bits per heavy atom. The van der Waals surface area contributed by atoms with Crippen LogP contribution in [-0.4, -0.2) is 17.4 Å². The van der Waals surface area contributed by atoms with Crippen LogP contribution in [-0.2, 0) is 4.79 Å². The van der Waals surface area contributed by atoms with Crippen molar-refractivity contribution >= 4 is 39.9 Å². The summed E-state index contributed by atoms with van der Waals surface area (Å²) in [5.74, 6) is -1.47. The first-order chi connectivity index (χ1) is 10.5. The number of hydrogen-bond donors (Lipinski definition) is 1. The quantitative estimate of drug-likeness (QED) is 0.461. The van der Waals surface area contributed by atoms with Gasteiger partial charge in [-0.25, -0.2) is 4.39 Å². The monoisotopic (exact) mass is 416 g/mol. The number of amides is 1. The molecule has 22 heavy (non-hydrogen) atoms. The highest BCUT2D eigenvalue weighted by Gasteiger charge is 2.17. The number of nitrogens with one attached hydrogen (secondary N) is 1. The number of rotatable bonds is 5. The molecule has 0 heterocycles. The largest absolute Gasteiger partial charge is 0.477 e. The SMILES string of the molecule is O=C(COc1cc(F)ccc1[N+](=O)[O-])Nc1cccc(I)c1. The van der Waals surface area contributed by atoms with Crippen molar-refractivity contribution in [3.8, 4) is 5.75 Å². The number of hydrogen-bond acceptors (Lipinski definition) is 4. The van der Waals surface area contributed by atoms with Crippen LogP contribution in [0.3, 0.4) is 0 Å². The Bertz CT molecular complexity index is 724. The minimum atomic E-state index is -0.702. The van der Waals surface area contributed by atoms with Crippen molar-refractivity contribution in [3.63, 3.8) is 0 Å². The molecule has 0 aliphatic heterocycles. The summed E-state index contributed by atoms with van der Waals surface area (Å²) in [6.07, 6.45) is 0. The summed E-state index contributed by atoms with van der Waals surface area (Å²) < 4.78 is 19.1. The van der Waals surface area contributed by atoms with Crippen LogP contribution < -0.4 is 10.1 Å². The van der Waals surface area contributed by atoms with Crippen molar-refractivity contribution < 1.29 is 18.8 Å². The zero-order valence-corrected chi connectivity index (χ0v) is 13.2. The summed E-state index contributed by atoms with van der Waals surface area (Å²) in [5.41, 5.74) is 0.178. The van der Waals surface area contributed by atoms with Crippen LogP contribution in [0.2, 0.25) is 0 Å². The van der Waals surface area contributed by atoms with Crippen molar-refractivity contribution in [3.05, 3.63) is 62.0 Å². The summed E-state index contributed by atoms with van der Waals surface area (Å²) >= 11 is 2.10. The van der Waals surface area contributed by atoms with Crippen molar-refractivity contribution in [2.75, 3.05) is 11.9 Å². The fraction of sp³-hybridized carbons (Fsp3) is 0.0714. The lowest BCUT2D eigenvalue weighted by molar-refractivity contribution is -0.385. The Kier molecular flexibility index (Phi) is 5.26. The van der Waals surface area contributed by atoms with Gasteiger partial charge in [-0.05, 0) is 46.9 Å². The Labute approximate surface area is 138 Å². The van der Waals surface area contributed by atoms with E-state index in [2.05, 4.69) is 27.9 Å². The first-order valence-electron chi connectivity index (χ1n) is 6.08. The number of halogens is 2. The molecule has 0 saturated carbocycles. The average Bonchev–Trinajstić information content (AvgIpc) is 2.45. The molecule has 0 atom stereocenters. The van der Waals surface area contributed by atoms with Crippen LogP contribution in [0.1, 0.15) is 0 Å². The summed E-state index contributed by atoms with van der Waals surface area (Å²) in [4.78, 5) is 21.9. The minimum Gasteiger partial charge on any atom is -0.477 e. The second-order valence-electron chi connectivity index (χ2n) is 4.22. The van der Waals surface area contributed by atoms with Gasteiger partial charge >= 0.3 is 5.69 Å². The molecular formula is C14H10FIN2O4. The Morgan fingerprint density at radius 2 is 2.09 bits per heavy atom. The predicted molar refractivity (Wildman–Crippen MR) is 86.3 cm³/mol. The fourth-order valence-electron chi connectivity index (χ4n) is 1.66. The van der Waals surface area contributed by atoms with Crippen LogP contribution in [0.4, 0.5) is 15.8 Å².